The molecule has 15 heteroatoms. The van der Waals surface area contributed by atoms with E-state index in [4.69, 9.17) is 16.0 Å². The molecule has 5 atom stereocenters. The zero-order chi connectivity index (χ0) is 25.8. The highest BCUT2D eigenvalue weighted by Crippen LogP contribution is 2.32. The van der Waals surface area contributed by atoms with Crippen molar-refractivity contribution >= 4 is 22.9 Å². The second-order valence-corrected chi connectivity index (χ2v) is 8.55. The van der Waals surface area contributed by atoms with Gasteiger partial charge in [-0.2, -0.15) is 0 Å². The summed E-state index contributed by atoms with van der Waals surface area (Å²) in [5, 5.41) is 27.1. The Kier molecular flexibility index (Phi) is 7.57. The molecule has 1 fully saturated rings. The average Bonchev–Trinajstić information content (AvgIpc) is 3.44. The predicted octanol–water partition coefficient (Wildman–Crippen LogP) is -0.597. The van der Waals surface area contributed by atoms with Gasteiger partial charge in [-0.3, -0.25) is 14.3 Å². The standard InChI is InChI=1S/C21H27N11O4/c1-31(2)18-16-19(26-9-25-18)32(10-27-16)21-17(34)15(14(8-33)36-21)29-20(35)13(22)5-11-3-4-12(24-6-11)7-28-30-23/h3-4,6,9-10,13-15,17,21,33-34H,5,7-8,22H2,1-2H3,(H,29,35)/t13-,14+,15+,17+,21+/m0/s1. The van der Waals surface area contributed by atoms with Crippen LogP contribution in [0.1, 0.15) is 17.5 Å². The third-order valence-electron chi connectivity index (χ3n) is 5.88. The van der Waals surface area contributed by atoms with Gasteiger partial charge in [0, 0.05) is 30.9 Å². The largest absolute Gasteiger partial charge is 0.394 e. The number of aliphatic hydroxyl groups excluding tert-OH is 2. The molecule has 1 aliphatic rings. The number of rotatable bonds is 9. The van der Waals surface area contributed by atoms with Crippen LogP contribution in [-0.4, -0.2) is 85.6 Å². The second kappa shape index (κ2) is 10.8. The quantitative estimate of drug-likeness (QED) is 0.167. The van der Waals surface area contributed by atoms with Gasteiger partial charge in [0.2, 0.25) is 5.91 Å². The summed E-state index contributed by atoms with van der Waals surface area (Å²) in [7, 11) is 3.65. The van der Waals surface area contributed by atoms with Gasteiger partial charge in [-0.05, 0) is 23.6 Å². The minimum Gasteiger partial charge on any atom is -0.394 e. The Labute approximate surface area is 205 Å². The number of aliphatic hydroxyl groups is 2. The molecule has 0 radical (unpaired) electrons. The van der Waals surface area contributed by atoms with Crippen molar-refractivity contribution in [3.8, 4) is 0 Å². The minimum atomic E-state index is -1.21. The van der Waals surface area contributed by atoms with Crippen LogP contribution in [0.4, 0.5) is 5.82 Å². The maximum atomic E-state index is 12.8. The monoisotopic (exact) mass is 497 g/mol. The number of nitrogens with zero attached hydrogens (tertiary/aromatic N) is 9. The fourth-order valence-corrected chi connectivity index (χ4v) is 4.05. The van der Waals surface area contributed by atoms with Gasteiger partial charge in [-0.15, -0.1) is 0 Å². The number of carbonyl (C=O) groups excluding carboxylic acids is 1. The van der Waals surface area contributed by atoms with Crippen LogP contribution in [0.15, 0.2) is 36.1 Å². The van der Waals surface area contributed by atoms with E-state index >= 15 is 0 Å². The average molecular weight is 498 g/mol. The van der Waals surface area contributed by atoms with E-state index in [1.807, 2.05) is 14.1 Å². The van der Waals surface area contributed by atoms with Crippen LogP contribution in [0.25, 0.3) is 21.6 Å². The normalized spacial score (nSPS) is 22.2. The summed E-state index contributed by atoms with van der Waals surface area (Å²) in [5.74, 6) is 0.0775. The van der Waals surface area contributed by atoms with E-state index in [-0.39, 0.29) is 13.0 Å². The van der Waals surface area contributed by atoms with Crippen molar-refractivity contribution in [1.29, 1.82) is 0 Å². The summed E-state index contributed by atoms with van der Waals surface area (Å²) in [4.78, 5) is 34.4. The van der Waals surface area contributed by atoms with Crippen LogP contribution in [0, 0.1) is 0 Å². The van der Waals surface area contributed by atoms with Gasteiger partial charge >= 0.3 is 0 Å². The number of pyridine rings is 1. The van der Waals surface area contributed by atoms with Crippen LogP contribution >= 0.6 is 0 Å². The molecule has 1 saturated heterocycles. The van der Waals surface area contributed by atoms with Crippen molar-refractivity contribution in [3.05, 3.63) is 52.7 Å². The van der Waals surface area contributed by atoms with E-state index in [9.17, 15) is 15.0 Å². The second-order valence-electron chi connectivity index (χ2n) is 8.55. The van der Waals surface area contributed by atoms with Gasteiger partial charge in [0.15, 0.2) is 23.2 Å². The van der Waals surface area contributed by atoms with Crippen molar-refractivity contribution in [3.63, 3.8) is 0 Å². The summed E-state index contributed by atoms with van der Waals surface area (Å²) in [6.45, 7) is -0.309. The number of anilines is 1. The highest BCUT2D eigenvalue weighted by Gasteiger charge is 2.46. The van der Waals surface area contributed by atoms with Crippen molar-refractivity contribution in [2.24, 2.45) is 10.8 Å². The first-order valence-corrected chi connectivity index (χ1v) is 11.1. The first kappa shape index (κ1) is 25.2. The van der Waals surface area contributed by atoms with E-state index < -0.39 is 43.0 Å². The minimum absolute atomic E-state index is 0.126. The van der Waals surface area contributed by atoms with Crippen LogP contribution in [0.2, 0.25) is 0 Å². The van der Waals surface area contributed by atoms with E-state index in [1.165, 1.54) is 12.7 Å². The predicted molar refractivity (Wildman–Crippen MR) is 127 cm³/mol. The molecule has 3 aromatic heterocycles. The molecule has 0 saturated carbocycles. The lowest BCUT2D eigenvalue weighted by Gasteiger charge is -2.23. The number of fused-ring (bicyclic) bond motifs is 1. The molecule has 4 heterocycles. The molecule has 0 aliphatic carbocycles. The number of amides is 1. The number of ether oxygens (including phenoxy) is 1. The van der Waals surface area contributed by atoms with Crippen molar-refractivity contribution in [2.75, 3.05) is 25.6 Å². The van der Waals surface area contributed by atoms with Gasteiger partial charge in [-0.25, -0.2) is 15.0 Å². The van der Waals surface area contributed by atoms with Gasteiger partial charge in [0.1, 0.15) is 18.5 Å². The summed E-state index contributed by atoms with van der Waals surface area (Å²) in [5.41, 5.74) is 16.8. The highest BCUT2D eigenvalue weighted by molar-refractivity contribution is 5.83. The topological polar surface area (TPSA) is 213 Å². The molecule has 15 nitrogen and oxygen atoms in total. The van der Waals surface area contributed by atoms with Gasteiger partial charge in [0.05, 0.1) is 31.6 Å². The van der Waals surface area contributed by atoms with Crippen LogP contribution in [0.5, 0.6) is 0 Å². The molecule has 190 valence electrons. The fourth-order valence-electron chi connectivity index (χ4n) is 4.05. The van der Waals surface area contributed by atoms with Crippen LogP contribution in [-0.2, 0) is 22.5 Å². The van der Waals surface area contributed by atoms with Gasteiger partial charge in [0.25, 0.3) is 0 Å². The number of carbonyl (C=O) groups is 1. The van der Waals surface area contributed by atoms with E-state index in [2.05, 4.69) is 35.3 Å². The van der Waals surface area contributed by atoms with E-state index in [0.29, 0.717) is 28.2 Å². The van der Waals surface area contributed by atoms with Gasteiger partial charge in [-0.1, -0.05) is 11.2 Å². The molecule has 5 N–H and O–H groups in total. The van der Waals surface area contributed by atoms with Gasteiger partial charge < -0.3 is 30.9 Å². The third-order valence-corrected chi connectivity index (χ3v) is 5.88. The molecular weight excluding hydrogens is 470 g/mol. The number of nitrogens with one attached hydrogen (secondary N) is 1. The number of imidazole rings is 1. The molecule has 4 rings (SSSR count). The molecule has 0 aromatic carbocycles. The lowest BCUT2D eigenvalue weighted by Crippen LogP contribution is -2.53. The SMILES string of the molecule is CN(C)c1ncnc2c1ncn2[C@@H]1O[C@H](CO)[C@@H](NC(=O)[C@@H](N)Cc2ccc(CN=[N+]=[N-])nc2)[C@H]1O. The first-order valence-electron chi connectivity index (χ1n) is 11.1. The Morgan fingerprint density at radius 3 is 2.83 bits per heavy atom. The lowest BCUT2D eigenvalue weighted by atomic mass is 10.0. The highest BCUT2D eigenvalue weighted by atomic mass is 16.5. The summed E-state index contributed by atoms with van der Waals surface area (Å²) in [6, 6.07) is 1.58. The van der Waals surface area contributed by atoms with Crippen molar-refractivity contribution < 1.29 is 19.7 Å². The zero-order valence-electron chi connectivity index (χ0n) is 19.7. The summed E-state index contributed by atoms with van der Waals surface area (Å²) < 4.78 is 7.43. The summed E-state index contributed by atoms with van der Waals surface area (Å²) in [6.07, 6.45) is 1.56. The molecule has 3 aromatic rings. The Balaban J connectivity index is 1.46. The fraction of sp³-hybridized carbons (Fsp3) is 0.476. The number of hydrogen-bond donors (Lipinski definition) is 4. The summed E-state index contributed by atoms with van der Waals surface area (Å²) >= 11 is 0. The van der Waals surface area contributed by atoms with Crippen molar-refractivity contribution in [2.45, 2.75) is 43.5 Å². The zero-order valence-corrected chi connectivity index (χ0v) is 19.7. The molecule has 36 heavy (non-hydrogen) atoms. The van der Waals surface area contributed by atoms with Crippen LogP contribution in [0.3, 0.4) is 0 Å². The molecule has 1 aliphatic heterocycles. The molecule has 0 bridgehead atoms. The molecular formula is C21H27N11O4. The number of hydrogen-bond acceptors (Lipinski definition) is 11. The molecule has 0 unspecified atom stereocenters. The Bertz CT molecular complexity index is 1260. The number of aromatic nitrogens is 5. The number of azide groups is 1. The first-order chi connectivity index (χ1) is 17.3. The Morgan fingerprint density at radius 2 is 2.17 bits per heavy atom. The number of nitrogens with two attached hydrogens (primary N) is 1. The Morgan fingerprint density at radius 1 is 1.36 bits per heavy atom. The Hall–Kier alpha value is -3.88. The third kappa shape index (κ3) is 5.05. The maximum Gasteiger partial charge on any atom is 0.237 e. The van der Waals surface area contributed by atoms with Crippen molar-refractivity contribution in [1.82, 2.24) is 29.8 Å². The lowest BCUT2D eigenvalue weighted by molar-refractivity contribution is -0.124. The molecule has 0 spiro atoms. The van der Waals surface area contributed by atoms with E-state index in [1.54, 1.807) is 27.8 Å². The maximum absolute atomic E-state index is 12.8. The van der Waals surface area contributed by atoms with E-state index in [0.717, 1.165) is 0 Å². The van der Waals surface area contributed by atoms with Crippen LogP contribution < -0.4 is 16.0 Å². The smallest absolute Gasteiger partial charge is 0.237 e. The molecule has 1 amide bonds.